The molecular weight excluding hydrogens is 239 g/mol. The van der Waals surface area contributed by atoms with Crippen molar-refractivity contribution in [1.29, 1.82) is 0 Å². The highest BCUT2D eigenvalue weighted by atomic mass is 16.6. The van der Waals surface area contributed by atoms with E-state index in [0.717, 1.165) is 12.1 Å². The number of nitrogens with one attached hydrogen (secondary N) is 1. The van der Waals surface area contributed by atoms with Crippen molar-refractivity contribution in [3.05, 3.63) is 33.9 Å². The summed E-state index contributed by atoms with van der Waals surface area (Å²) in [7, 11) is -1.98. The molecule has 0 aliphatic rings. The second-order valence-electron chi connectivity index (χ2n) is 3.29. The molecule has 92 valence electrons. The van der Waals surface area contributed by atoms with Crippen LogP contribution in [-0.4, -0.2) is 34.5 Å². The maximum atomic E-state index is 11.5. The molecule has 0 unspecified atom stereocenters. The number of rotatable bonds is 4. The van der Waals surface area contributed by atoms with Crippen LogP contribution in [0.4, 0.5) is 5.69 Å². The van der Waals surface area contributed by atoms with Crippen LogP contribution in [0.3, 0.4) is 0 Å². The molecule has 0 fully saturated rings. The topological polar surface area (TPSA) is 113 Å². The van der Waals surface area contributed by atoms with Crippen LogP contribution in [0, 0.1) is 22.5 Å². The quantitative estimate of drug-likeness (QED) is 0.263. The Morgan fingerprint density at radius 3 is 2.72 bits per heavy atom. The fraction of sp³-hybridized carbons (Fsp3) is 0.100. The number of nitro groups is 1. The predicted octanol–water partition coefficient (Wildman–Crippen LogP) is -1.36. The Morgan fingerprint density at radius 2 is 2.22 bits per heavy atom. The first-order valence-electron chi connectivity index (χ1n) is 4.83. The van der Waals surface area contributed by atoms with E-state index in [2.05, 4.69) is 11.2 Å². The van der Waals surface area contributed by atoms with E-state index in [1.807, 2.05) is 0 Å². The third-order valence-corrected chi connectivity index (χ3v) is 2.12. The van der Waals surface area contributed by atoms with Gasteiger partial charge in [0.05, 0.1) is 16.9 Å². The van der Waals surface area contributed by atoms with E-state index in [-0.39, 0.29) is 17.6 Å². The maximum Gasteiger partial charge on any atom is 0.495 e. The molecule has 0 saturated carbocycles. The lowest BCUT2D eigenvalue weighted by molar-refractivity contribution is -0.383. The monoisotopic (exact) mass is 248 g/mol. The van der Waals surface area contributed by atoms with Gasteiger partial charge in [-0.15, -0.1) is 6.42 Å². The van der Waals surface area contributed by atoms with Gasteiger partial charge in [-0.3, -0.25) is 14.9 Å². The minimum absolute atomic E-state index is 0.00297. The summed E-state index contributed by atoms with van der Waals surface area (Å²) < 4.78 is 0. The zero-order valence-electron chi connectivity index (χ0n) is 9.16. The fourth-order valence-electron chi connectivity index (χ4n) is 1.29. The normalized spacial score (nSPS) is 9.39. The fourth-order valence-corrected chi connectivity index (χ4v) is 1.29. The molecule has 0 radical (unpaired) electrons. The van der Waals surface area contributed by atoms with Crippen molar-refractivity contribution in [1.82, 2.24) is 5.32 Å². The summed E-state index contributed by atoms with van der Waals surface area (Å²) in [5, 5.41) is 31.0. The highest BCUT2D eigenvalue weighted by molar-refractivity contribution is 6.60. The first kappa shape index (κ1) is 13.7. The minimum Gasteiger partial charge on any atom is -0.423 e. The van der Waals surface area contributed by atoms with Crippen molar-refractivity contribution in [2.24, 2.45) is 0 Å². The van der Waals surface area contributed by atoms with Gasteiger partial charge in [-0.05, 0) is 6.07 Å². The molecule has 0 aromatic heterocycles. The van der Waals surface area contributed by atoms with Crippen molar-refractivity contribution >= 4 is 24.2 Å². The second-order valence-corrected chi connectivity index (χ2v) is 3.29. The average Bonchev–Trinajstić information content (AvgIpc) is 2.34. The van der Waals surface area contributed by atoms with Crippen molar-refractivity contribution in [3.63, 3.8) is 0 Å². The van der Waals surface area contributed by atoms with E-state index >= 15 is 0 Å². The molecule has 0 atom stereocenters. The molecule has 3 N–H and O–H groups in total. The van der Waals surface area contributed by atoms with E-state index in [9.17, 15) is 14.9 Å². The van der Waals surface area contributed by atoms with Crippen LogP contribution in [0.1, 0.15) is 10.4 Å². The van der Waals surface area contributed by atoms with Crippen LogP contribution < -0.4 is 10.8 Å². The summed E-state index contributed by atoms with van der Waals surface area (Å²) in [4.78, 5) is 21.4. The molecule has 0 bridgehead atoms. The van der Waals surface area contributed by atoms with Crippen LogP contribution in [0.5, 0.6) is 0 Å². The Balaban J connectivity index is 3.12. The van der Waals surface area contributed by atoms with Gasteiger partial charge in [-0.25, -0.2) is 0 Å². The number of hydrogen-bond donors (Lipinski definition) is 3. The largest absolute Gasteiger partial charge is 0.495 e. The number of hydrogen-bond acceptors (Lipinski definition) is 5. The number of nitrogens with zero attached hydrogens (tertiary/aromatic N) is 1. The van der Waals surface area contributed by atoms with Gasteiger partial charge in [0.2, 0.25) is 0 Å². The summed E-state index contributed by atoms with van der Waals surface area (Å²) in [5.41, 5.74) is -0.812. The molecule has 7 nitrogen and oxygen atoms in total. The van der Waals surface area contributed by atoms with Crippen molar-refractivity contribution in [2.75, 3.05) is 6.54 Å². The third-order valence-electron chi connectivity index (χ3n) is 2.12. The third kappa shape index (κ3) is 3.07. The molecule has 1 amide bonds. The van der Waals surface area contributed by atoms with E-state index in [4.69, 9.17) is 16.5 Å². The van der Waals surface area contributed by atoms with Crippen LogP contribution in [0.25, 0.3) is 0 Å². The van der Waals surface area contributed by atoms with E-state index in [1.165, 1.54) is 6.07 Å². The predicted molar refractivity (Wildman–Crippen MR) is 64.1 cm³/mol. The van der Waals surface area contributed by atoms with Crippen LogP contribution >= 0.6 is 0 Å². The Labute approximate surface area is 103 Å². The van der Waals surface area contributed by atoms with E-state index in [1.54, 1.807) is 0 Å². The average molecular weight is 248 g/mol. The summed E-state index contributed by atoms with van der Waals surface area (Å²) >= 11 is 0. The molecule has 1 rings (SSSR count). The van der Waals surface area contributed by atoms with E-state index in [0.29, 0.717) is 0 Å². The lowest BCUT2D eigenvalue weighted by Crippen LogP contribution is -2.33. The number of carbonyl (C=O) groups is 1. The Bertz CT molecular complexity index is 523. The van der Waals surface area contributed by atoms with Gasteiger partial charge in [0, 0.05) is 11.6 Å². The number of amides is 1. The Morgan fingerprint density at radius 1 is 1.56 bits per heavy atom. The highest BCUT2D eigenvalue weighted by Gasteiger charge is 2.25. The lowest BCUT2D eigenvalue weighted by atomic mass is 9.78. The lowest BCUT2D eigenvalue weighted by Gasteiger charge is -2.05. The van der Waals surface area contributed by atoms with Gasteiger partial charge in [-0.1, -0.05) is 12.0 Å². The smallest absolute Gasteiger partial charge is 0.423 e. The van der Waals surface area contributed by atoms with Crippen molar-refractivity contribution in [3.8, 4) is 12.3 Å². The molecule has 0 saturated heterocycles. The zero-order valence-corrected chi connectivity index (χ0v) is 9.16. The first-order chi connectivity index (χ1) is 8.47. The summed E-state index contributed by atoms with van der Waals surface area (Å²) in [6, 6.07) is 3.31. The molecule has 1 aromatic rings. The van der Waals surface area contributed by atoms with Gasteiger partial charge in [0.1, 0.15) is 0 Å². The summed E-state index contributed by atoms with van der Waals surface area (Å²) in [5.74, 6) is 1.62. The van der Waals surface area contributed by atoms with Gasteiger partial charge in [0.15, 0.2) is 0 Å². The molecule has 1 aromatic carbocycles. The number of carbonyl (C=O) groups excluding carboxylic acids is 1. The Kier molecular flexibility index (Phi) is 4.42. The molecule has 0 spiro atoms. The minimum atomic E-state index is -1.98. The van der Waals surface area contributed by atoms with Crippen LogP contribution in [0.2, 0.25) is 0 Å². The molecule has 18 heavy (non-hydrogen) atoms. The summed E-state index contributed by atoms with van der Waals surface area (Å²) in [6.07, 6.45) is 4.96. The van der Waals surface area contributed by atoms with E-state index < -0.39 is 23.6 Å². The standard InChI is InChI=1S/C10H9BN2O5/c1-2-5-12-10(14)7-3-4-8(11(15)16)9(6-7)13(17)18/h1,3-4,6,15-16H,5H2,(H,12,14). The first-order valence-corrected chi connectivity index (χ1v) is 4.83. The molecular formula is C10H9BN2O5. The number of benzene rings is 1. The Hall–Kier alpha value is -2.37. The van der Waals surface area contributed by atoms with Crippen LogP contribution in [0.15, 0.2) is 18.2 Å². The number of nitro benzene ring substituents is 1. The molecule has 8 heteroatoms. The maximum absolute atomic E-state index is 11.5. The van der Waals surface area contributed by atoms with Crippen molar-refractivity contribution < 1.29 is 19.8 Å². The van der Waals surface area contributed by atoms with Gasteiger partial charge < -0.3 is 15.4 Å². The number of terminal acetylenes is 1. The molecule has 0 aliphatic heterocycles. The molecule has 0 heterocycles. The van der Waals surface area contributed by atoms with Gasteiger partial charge in [-0.2, -0.15) is 0 Å². The highest BCUT2D eigenvalue weighted by Crippen LogP contribution is 2.11. The second kappa shape index (κ2) is 5.81. The van der Waals surface area contributed by atoms with Gasteiger partial charge >= 0.3 is 7.12 Å². The summed E-state index contributed by atoms with van der Waals surface area (Å²) in [6.45, 7) is -0.00297. The SMILES string of the molecule is C#CCNC(=O)c1ccc(B(O)O)c([N+](=O)[O-])c1. The van der Waals surface area contributed by atoms with Crippen molar-refractivity contribution in [2.45, 2.75) is 0 Å². The van der Waals surface area contributed by atoms with Gasteiger partial charge in [0.25, 0.3) is 11.6 Å². The zero-order chi connectivity index (χ0) is 13.7. The molecule has 0 aliphatic carbocycles. The van der Waals surface area contributed by atoms with Crippen LogP contribution in [-0.2, 0) is 0 Å².